The Morgan fingerprint density at radius 3 is 2.65 bits per heavy atom. The normalized spacial score (nSPS) is 28.4. The fourth-order valence-electron chi connectivity index (χ4n) is 3.56. The highest BCUT2D eigenvalue weighted by atomic mass is 16.5. The first kappa shape index (κ1) is 13.4. The van der Waals surface area contributed by atoms with Crippen molar-refractivity contribution in [2.45, 2.75) is 64.3 Å². The van der Waals surface area contributed by atoms with Crippen LogP contribution in [-0.2, 0) is 4.74 Å². The van der Waals surface area contributed by atoms with Gasteiger partial charge in [-0.3, -0.25) is 0 Å². The maximum Gasteiger partial charge on any atom is 0.0509 e. The minimum absolute atomic E-state index is 0.709. The van der Waals surface area contributed by atoms with Crippen molar-refractivity contribution in [1.82, 2.24) is 5.32 Å². The van der Waals surface area contributed by atoms with Crippen molar-refractivity contribution in [2.24, 2.45) is 11.8 Å². The van der Waals surface area contributed by atoms with Crippen LogP contribution < -0.4 is 5.32 Å². The predicted molar refractivity (Wildman–Crippen MR) is 72.2 cm³/mol. The average Bonchev–Trinajstić information content (AvgIpc) is 2.88. The Morgan fingerprint density at radius 1 is 1.18 bits per heavy atom. The summed E-state index contributed by atoms with van der Waals surface area (Å²) in [6, 6.07) is 0.709. The van der Waals surface area contributed by atoms with Crippen LogP contribution in [0.15, 0.2) is 0 Å². The summed E-state index contributed by atoms with van der Waals surface area (Å²) < 4.78 is 5.64. The SMILES string of the molecule is CCNC(CCC1CCCC1)C1CCCOC1. The smallest absolute Gasteiger partial charge is 0.0509 e. The van der Waals surface area contributed by atoms with Gasteiger partial charge in [0.1, 0.15) is 0 Å². The summed E-state index contributed by atoms with van der Waals surface area (Å²) in [6.45, 7) is 5.30. The van der Waals surface area contributed by atoms with Crippen LogP contribution in [-0.4, -0.2) is 25.8 Å². The lowest BCUT2D eigenvalue weighted by atomic mass is 9.88. The van der Waals surface area contributed by atoms with Gasteiger partial charge in [-0.15, -0.1) is 0 Å². The van der Waals surface area contributed by atoms with Crippen LogP contribution in [0.1, 0.15) is 58.3 Å². The van der Waals surface area contributed by atoms with Crippen molar-refractivity contribution >= 4 is 0 Å². The van der Waals surface area contributed by atoms with Gasteiger partial charge in [0.25, 0.3) is 0 Å². The predicted octanol–water partition coefficient (Wildman–Crippen LogP) is 3.36. The maximum atomic E-state index is 5.64. The molecule has 2 nitrogen and oxygen atoms in total. The van der Waals surface area contributed by atoms with Crippen LogP contribution in [0.25, 0.3) is 0 Å². The molecule has 1 aliphatic heterocycles. The second kappa shape index (κ2) is 7.38. The van der Waals surface area contributed by atoms with E-state index in [0.717, 1.165) is 31.6 Å². The Kier molecular flexibility index (Phi) is 5.79. The Labute approximate surface area is 107 Å². The Bertz CT molecular complexity index is 195. The van der Waals surface area contributed by atoms with Crippen LogP contribution in [0.5, 0.6) is 0 Å². The van der Waals surface area contributed by atoms with Gasteiger partial charge >= 0.3 is 0 Å². The van der Waals surface area contributed by atoms with Gasteiger partial charge in [0, 0.05) is 12.6 Å². The van der Waals surface area contributed by atoms with E-state index in [1.54, 1.807) is 0 Å². The Hall–Kier alpha value is -0.0800. The summed E-state index contributed by atoms with van der Waals surface area (Å²) in [6.07, 6.45) is 11.4. The first-order valence-electron chi connectivity index (χ1n) is 7.71. The van der Waals surface area contributed by atoms with Gasteiger partial charge in [-0.1, -0.05) is 32.6 Å². The molecule has 1 aliphatic carbocycles. The van der Waals surface area contributed by atoms with Crippen LogP contribution in [0.2, 0.25) is 0 Å². The number of hydrogen-bond acceptors (Lipinski definition) is 2. The third-order valence-electron chi connectivity index (χ3n) is 4.59. The number of hydrogen-bond donors (Lipinski definition) is 1. The molecule has 1 saturated carbocycles. The molecule has 1 saturated heterocycles. The minimum Gasteiger partial charge on any atom is -0.381 e. The fraction of sp³-hybridized carbons (Fsp3) is 1.00. The van der Waals surface area contributed by atoms with E-state index in [-0.39, 0.29) is 0 Å². The van der Waals surface area contributed by atoms with Crippen LogP contribution in [0, 0.1) is 11.8 Å². The summed E-state index contributed by atoms with van der Waals surface area (Å²) in [5.74, 6) is 1.80. The second-order valence-electron chi connectivity index (χ2n) is 5.87. The van der Waals surface area contributed by atoms with E-state index in [9.17, 15) is 0 Å². The lowest BCUT2D eigenvalue weighted by molar-refractivity contribution is 0.0372. The molecule has 2 atom stereocenters. The number of ether oxygens (including phenoxy) is 1. The van der Waals surface area contributed by atoms with Crippen molar-refractivity contribution < 1.29 is 4.74 Å². The molecule has 17 heavy (non-hydrogen) atoms. The lowest BCUT2D eigenvalue weighted by Gasteiger charge is -2.31. The molecule has 2 rings (SSSR count). The molecular formula is C15H29NO. The van der Waals surface area contributed by atoms with Gasteiger partial charge in [0.2, 0.25) is 0 Å². The van der Waals surface area contributed by atoms with Crippen molar-refractivity contribution in [3.05, 3.63) is 0 Å². The van der Waals surface area contributed by atoms with Gasteiger partial charge in [-0.25, -0.2) is 0 Å². The van der Waals surface area contributed by atoms with Gasteiger partial charge in [-0.05, 0) is 44.1 Å². The largest absolute Gasteiger partial charge is 0.381 e. The molecule has 0 spiro atoms. The average molecular weight is 239 g/mol. The molecule has 2 heteroatoms. The summed E-state index contributed by atoms with van der Waals surface area (Å²) in [5, 5.41) is 3.70. The van der Waals surface area contributed by atoms with Crippen LogP contribution in [0.4, 0.5) is 0 Å². The maximum absolute atomic E-state index is 5.64. The first-order chi connectivity index (χ1) is 8.40. The zero-order valence-corrected chi connectivity index (χ0v) is 11.4. The highest BCUT2D eigenvalue weighted by Crippen LogP contribution is 2.30. The molecule has 1 heterocycles. The third kappa shape index (κ3) is 4.26. The topological polar surface area (TPSA) is 21.3 Å². The molecule has 2 fully saturated rings. The summed E-state index contributed by atoms with van der Waals surface area (Å²) in [4.78, 5) is 0. The standard InChI is InChI=1S/C15H29NO/c1-2-16-15(14-8-5-11-17-12-14)10-9-13-6-3-4-7-13/h13-16H,2-12H2,1H3. The molecule has 0 amide bonds. The van der Waals surface area contributed by atoms with E-state index in [0.29, 0.717) is 6.04 Å². The molecule has 0 aromatic rings. The summed E-state index contributed by atoms with van der Waals surface area (Å²) in [7, 11) is 0. The van der Waals surface area contributed by atoms with Crippen LogP contribution >= 0.6 is 0 Å². The monoisotopic (exact) mass is 239 g/mol. The fourth-order valence-corrected chi connectivity index (χ4v) is 3.56. The number of nitrogens with one attached hydrogen (secondary N) is 1. The zero-order valence-electron chi connectivity index (χ0n) is 11.4. The molecule has 1 N–H and O–H groups in total. The molecule has 0 radical (unpaired) electrons. The number of rotatable bonds is 6. The summed E-state index contributed by atoms with van der Waals surface area (Å²) in [5.41, 5.74) is 0. The highest BCUT2D eigenvalue weighted by molar-refractivity contribution is 4.80. The quantitative estimate of drug-likeness (QED) is 0.767. The second-order valence-corrected chi connectivity index (χ2v) is 5.87. The lowest BCUT2D eigenvalue weighted by Crippen LogP contribution is -2.40. The molecular weight excluding hydrogens is 210 g/mol. The van der Waals surface area contributed by atoms with Gasteiger partial charge < -0.3 is 10.1 Å². The van der Waals surface area contributed by atoms with E-state index in [2.05, 4.69) is 12.2 Å². The molecule has 100 valence electrons. The van der Waals surface area contributed by atoms with Crippen molar-refractivity contribution in [3.63, 3.8) is 0 Å². The molecule has 0 bridgehead atoms. The molecule has 2 unspecified atom stereocenters. The minimum atomic E-state index is 0.709. The Balaban J connectivity index is 1.74. The molecule has 0 aromatic carbocycles. The Morgan fingerprint density at radius 2 is 2.00 bits per heavy atom. The van der Waals surface area contributed by atoms with E-state index < -0.39 is 0 Å². The van der Waals surface area contributed by atoms with E-state index in [1.807, 2.05) is 0 Å². The van der Waals surface area contributed by atoms with Crippen molar-refractivity contribution in [2.75, 3.05) is 19.8 Å². The van der Waals surface area contributed by atoms with Gasteiger partial charge in [0.05, 0.1) is 6.61 Å². The van der Waals surface area contributed by atoms with Crippen molar-refractivity contribution in [3.8, 4) is 0 Å². The van der Waals surface area contributed by atoms with Crippen molar-refractivity contribution in [1.29, 1.82) is 0 Å². The zero-order chi connectivity index (χ0) is 11.9. The van der Waals surface area contributed by atoms with E-state index in [4.69, 9.17) is 4.74 Å². The van der Waals surface area contributed by atoms with E-state index in [1.165, 1.54) is 51.4 Å². The highest BCUT2D eigenvalue weighted by Gasteiger charge is 2.25. The van der Waals surface area contributed by atoms with E-state index >= 15 is 0 Å². The molecule has 2 aliphatic rings. The van der Waals surface area contributed by atoms with Gasteiger partial charge in [-0.2, -0.15) is 0 Å². The summed E-state index contributed by atoms with van der Waals surface area (Å²) >= 11 is 0. The third-order valence-corrected chi connectivity index (χ3v) is 4.59. The van der Waals surface area contributed by atoms with Gasteiger partial charge in [0.15, 0.2) is 0 Å². The first-order valence-corrected chi connectivity index (χ1v) is 7.71. The molecule has 0 aromatic heterocycles. The van der Waals surface area contributed by atoms with Crippen LogP contribution in [0.3, 0.4) is 0 Å².